The fourth-order valence-electron chi connectivity index (χ4n) is 5.47. The van der Waals surface area contributed by atoms with E-state index in [1.54, 1.807) is 0 Å². The predicted molar refractivity (Wildman–Crippen MR) is 164 cm³/mol. The van der Waals surface area contributed by atoms with Crippen molar-refractivity contribution in [1.29, 1.82) is 0 Å². The summed E-state index contributed by atoms with van der Waals surface area (Å²) < 4.78 is 0. The molecule has 1 saturated heterocycles. The third-order valence-electron chi connectivity index (χ3n) is 7.54. The molecule has 0 saturated carbocycles. The van der Waals surface area contributed by atoms with Gasteiger partial charge in [0.15, 0.2) is 0 Å². The zero-order valence-electron chi connectivity index (χ0n) is 20.7. The van der Waals surface area contributed by atoms with Crippen molar-refractivity contribution >= 4 is 56.7 Å². The number of fused-ring (bicyclic) bond motifs is 3. The van der Waals surface area contributed by atoms with E-state index in [1.807, 2.05) is 11.8 Å². The summed E-state index contributed by atoms with van der Waals surface area (Å²) in [5.41, 5.74) is 5.02. The van der Waals surface area contributed by atoms with Gasteiger partial charge < -0.3 is 0 Å². The first kappa shape index (κ1) is 22.9. The van der Waals surface area contributed by atoms with Crippen molar-refractivity contribution < 1.29 is 0 Å². The smallest absolute Gasteiger partial charge is 0.0576 e. The molecule has 0 unspecified atom stereocenters. The lowest BCUT2D eigenvalue weighted by molar-refractivity contribution is 0.553. The van der Waals surface area contributed by atoms with Gasteiger partial charge in [-0.1, -0.05) is 84.9 Å². The Labute approximate surface area is 227 Å². The van der Waals surface area contributed by atoms with E-state index in [0.717, 1.165) is 4.90 Å². The lowest BCUT2D eigenvalue weighted by Gasteiger charge is -2.15. The maximum absolute atomic E-state index is 4.71. The average molecular weight is 514 g/mol. The van der Waals surface area contributed by atoms with Crippen LogP contribution in [0.2, 0.25) is 0 Å². The average Bonchev–Trinajstić information content (AvgIpc) is 3.79. The van der Waals surface area contributed by atoms with Gasteiger partial charge in [-0.3, -0.25) is 4.90 Å². The summed E-state index contributed by atoms with van der Waals surface area (Å²) in [5, 5.41) is 8.09. The molecule has 1 aliphatic rings. The van der Waals surface area contributed by atoms with Crippen LogP contribution in [0.5, 0.6) is 0 Å². The Hall–Kier alpha value is -3.24. The van der Waals surface area contributed by atoms with Crippen LogP contribution in [0, 0.1) is 0 Å². The van der Waals surface area contributed by atoms with E-state index in [9.17, 15) is 0 Å². The van der Waals surface area contributed by atoms with Gasteiger partial charge in [0.25, 0.3) is 0 Å². The summed E-state index contributed by atoms with van der Waals surface area (Å²) >= 11 is 6.66. The Morgan fingerprint density at radius 3 is 2.05 bits per heavy atom. The highest BCUT2D eigenvalue weighted by atomic mass is 32.2. The standard InChI is InChI=1S/C34H27NS2/c1-22(35-18-19-35)37-26-15-14-23-20-25(13-12-24(23)21-26)27-8-4-10-29-28(27)9-5-11-30(29)32-16-17-34(36)33-7-3-2-6-31(32)33/h2-17,20-22,36H,18-19H2,1H3/t22-/m0/s1. The molecule has 0 spiro atoms. The van der Waals surface area contributed by atoms with E-state index in [-0.39, 0.29) is 0 Å². The highest BCUT2D eigenvalue weighted by Crippen LogP contribution is 2.39. The van der Waals surface area contributed by atoms with Crippen molar-refractivity contribution in [3.8, 4) is 22.3 Å². The van der Waals surface area contributed by atoms with Crippen molar-refractivity contribution in [3.05, 3.63) is 109 Å². The topological polar surface area (TPSA) is 3.01 Å². The fraction of sp³-hybridized carbons (Fsp3) is 0.118. The molecule has 0 amide bonds. The van der Waals surface area contributed by atoms with Crippen LogP contribution in [-0.4, -0.2) is 23.4 Å². The first-order valence-electron chi connectivity index (χ1n) is 12.8. The number of hydrogen-bond donors (Lipinski definition) is 1. The Kier molecular flexibility index (Phi) is 5.73. The highest BCUT2D eigenvalue weighted by molar-refractivity contribution is 7.99. The second-order valence-corrected chi connectivity index (χ2v) is 11.7. The predicted octanol–water partition coefficient (Wildman–Crippen LogP) is 9.52. The van der Waals surface area contributed by atoms with E-state index in [1.165, 1.54) is 72.6 Å². The van der Waals surface area contributed by atoms with Crippen molar-refractivity contribution in [1.82, 2.24) is 4.90 Å². The SMILES string of the molecule is C[C@H](Sc1ccc2cc(-c3cccc4c(-c5ccc(S)c6ccccc56)cccc34)ccc2c1)N1CC1. The van der Waals surface area contributed by atoms with Crippen LogP contribution in [0.3, 0.4) is 0 Å². The largest absolute Gasteiger partial charge is 0.289 e. The number of thioether (sulfide) groups is 1. The quantitative estimate of drug-likeness (QED) is 0.139. The van der Waals surface area contributed by atoms with Crippen molar-refractivity contribution in [2.24, 2.45) is 0 Å². The molecule has 1 atom stereocenters. The highest BCUT2D eigenvalue weighted by Gasteiger charge is 2.24. The summed E-state index contributed by atoms with van der Waals surface area (Å²) in [5.74, 6) is 0. The summed E-state index contributed by atoms with van der Waals surface area (Å²) in [6.45, 7) is 4.76. The number of nitrogens with zero attached hydrogens (tertiary/aromatic N) is 1. The maximum Gasteiger partial charge on any atom is 0.0576 e. The van der Waals surface area contributed by atoms with Gasteiger partial charge in [0.1, 0.15) is 0 Å². The molecule has 0 radical (unpaired) electrons. The van der Waals surface area contributed by atoms with Gasteiger partial charge in [-0.2, -0.15) is 0 Å². The van der Waals surface area contributed by atoms with E-state index in [2.05, 4.69) is 121 Å². The zero-order chi connectivity index (χ0) is 24.9. The van der Waals surface area contributed by atoms with Crippen LogP contribution in [0.25, 0.3) is 54.6 Å². The first-order chi connectivity index (χ1) is 18.2. The lowest BCUT2D eigenvalue weighted by atomic mass is 9.90. The minimum Gasteiger partial charge on any atom is -0.289 e. The Bertz CT molecular complexity index is 1800. The molecule has 0 N–H and O–H groups in total. The molecule has 1 heterocycles. The molecule has 1 nitrogen and oxygen atoms in total. The monoisotopic (exact) mass is 513 g/mol. The number of hydrogen-bond acceptors (Lipinski definition) is 3. The zero-order valence-corrected chi connectivity index (χ0v) is 22.4. The molecule has 180 valence electrons. The Morgan fingerprint density at radius 1 is 0.622 bits per heavy atom. The molecule has 0 aliphatic carbocycles. The molecule has 0 bridgehead atoms. The van der Waals surface area contributed by atoms with Gasteiger partial charge in [0, 0.05) is 22.9 Å². The lowest BCUT2D eigenvalue weighted by Crippen LogP contribution is -2.08. The van der Waals surface area contributed by atoms with Crippen molar-refractivity contribution in [2.45, 2.75) is 22.1 Å². The van der Waals surface area contributed by atoms with Crippen LogP contribution in [0.1, 0.15) is 6.92 Å². The third kappa shape index (κ3) is 4.21. The molecule has 3 heteroatoms. The molecular formula is C34H27NS2. The molecule has 1 fully saturated rings. The molecule has 6 aromatic carbocycles. The van der Waals surface area contributed by atoms with E-state index < -0.39 is 0 Å². The molecule has 6 aromatic rings. The van der Waals surface area contributed by atoms with Gasteiger partial charge in [-0.05, 0) is 85.8 Å². The van der Waals surface area contributed by atoms with Crippen molar-refractivity contribution in [2.75, 3.05) is 13.1 Å². The van der Waals surface area contributed by atoms with Crippen LogP contribution >= 0.6 is 24.4 Å². The fourth-order valence-corrected chi connectivity index (χ4v) is 6.84. The van der Waals surface area contributed by atoms with E-state index in [0.29, 0.717) is 5.37 Å². The normalized spacial score (nSPS) is 14.4. The summed E-state index contributed by atoms with van der Waals surface area (Å²) in [6.07, 6.45) is 0. The Balaban J connectivity index is 1.32. The van der Waals surface area contributed by atoms with Crippen LogP contribution in [0.15, 0.2) is 119 Å². The van der Waals surface area contributed by atoms with Crippen LogP contribution in [-0.2, 0) is 0 Å². The molecule has 0 aromatic heterocycles. The number of thiol groups is 1. The Morgan fingerprint density at radius 2 is 1.24 bits per heavy atom. The molecule has 37 heavy (non-hydrogen) atoms. The third-order valence-corrected chi connectivity index (χ3v) is 9.09. The van der Waals surface area contributed by atoms with Gasteiger partial charge in [-0.25, -0.2) is 0 Å². The summed E-state index contributed by atoms with van der Waals surface area (Å²) in [6, 6.07) is 40.0. The second-order valence-electron chi connectivity index (χ2n) is 9.86. The first-order valence-corrected chi connectivity index (χ1v) is 14.2. The number of benzene rings is 6. The van der Waals surface area contributed by atoms with E-state index >= 15 is 0 Å². The van der Waals surface area contributed by atoms with Crippen LogP contribution < -0.4 is 0 Å². The minimum atomic E-state index is 0.544. The number of rotatable bonds is 5. The minimum absolute atomic E-state index is 0.544. The van der Waals surface area contributed by atoms with E-state index in [4.69, 9.17) is 12.6 Å². The summed E-state index contributed by atoms with van der Waals surface area (Å²) in [7, 11) is 0. The van der Waals surface area contributed by atoms with Gasteiger partial charge in [0.05, 0.1) is 5.37 Å². The maximum atomic E-state index is 4.71. The summed E-state index contributed by atoms with van der Waals surface area (Å²) in [4.78, 5) is 4.84. The molecule has 7 rings (SSSR count). The van der Waals surface area contributed by atoms with Gasteiger partial charge in [-0.15, -0.1) is 24.4 Å². The molecular weight excluding hydrogens is 487 g/mol. The van der Waals surface area contributed by atoms with Crippen molar-refractivity contribution in [3.63, 3.8) is 0 Å². The van der Waals surface area contributed by atoms with Gasteiger partial charge >= 0.3 is 0 Å². The van der Waals surface area contributed by atoms with Crippen LogP contribution in [0.4, 0.5) is 0 Å². The van der Waals surface area contributed by atoms with Gasteiger partial charge in [0.2, 0.25) is 0 Å². The molecule has 1 aliphatic heterocycles. The second kappa shape index (κ2) is 9.25.